The summed E-state index contributed by atoms with van der Waals surface area (Å²) in [5.74, 6) is 0.256. The molecule has 0 spiro atoms. The molecular formula is C17H24ClN3O3S. The normalized spacial score (nSPS) is 22.7. The summed E-state index contributed by atoms with van der Waals surface area (Å²) in [5.41, 5.74) is 0.996. The van der Waals surface area contributed by atoms with E-state index < -0.39 is 10.0 Å². The van der Waals surface area contributed by atoms with Crippen molar-refractivity contribution in [2.24, 2.45) is 0 Å². The highest BCUT2D eigenvalue weighted by atomic mass is 35.5. The first-order valence-electron chi connectivity index (χ1n) is 8.67. The molecule has 2 aliphatic rings. The van der Waals surface area contributed by atoms with E-state index in [9.17, 15) is 13.2 Å². The summed E-state index contributed by atoms with van der Waals surface area (Å²) in [7, 11) is -3.08. The largest absolute Gasteiger partial charge is 0.331 e. The number of carbonyl (C=O) groups is 1. The number of benzene rings is 1. The van der Waals surface area contributed by atoms with Gasteiger partial charge in [-0.2, -0.15) is 4.31 Å². The van der Waals surface area contributed by atoms with Crippen molar-refractivity contribution < 1.29 is 13.2 Å². The van der Waals surface area contributed by atoms with Gasteiger partial charge < -0.3 is 10.2 Å². The van der Waals surface area contributed by atoms with Gasteiger partial charge in [0.05, 0.1) is 11.8 Å². The maximum atomic E-state index is 12.5. The summed E-state index contributed by atoms with van der Waals surface area (Å²) >= 11 is 5.89. The van der Waals surface area contributed by atoms with Gasteiger partial charge in [-0.15, -0.1) is 0 Å². The van der Waals surface area contributed by atoms with Crippen LogP contribution in [0.5, 0.6) is 0 Å². The van der Waals surface area contributed by atoms with E-state index in [1.165, 1.54) is 0 Å². The number of urea groups is 1. The second-order valence-corrected chi connectivity index (χ2v) is 9.20. The molecule has 6 nitrogen and oxygen atoms in total. The zero-order valence-electron chi connectivity index (χ0n) is 14.3. The standard InChI is InChI=1S/C17H24ClN3O3S/c1-13(14-3-5-15(18)6-4-14)19-17(22)20-10-7-16(8-11-20)21-9-2-12-25(21,23)24/h3-6,13,16H,2,7-12H2,1H3,(H,19,22)/t13-/m1/s1. The zero-order chi connectivity index (χ0) is 18.0. The Labute approximate surface area is 154 Å². The van der Waals surface area contributed by atoms with Gasteiger partial charge in [-0.05, 0) is 43.9 Å². The Kier molecular flexibility index (Phi) is 5.55. The van der Waals surface area contributed by atoms with Crippen LogP contribution < -0.4 is 5.32 Å². The molecule has 2 aliphatic heterocycles. The van der Waals surface area contributed by atoms with Crippen LogP contribution in [0.25, 0.3) is 0 Å². The summed E-state index contributed by atoms with van der Waals surface area (Å²) in [6.45, 7) is 3.71. The first kappa shape index (κ1) is 18.5. The number of sulfonamides is 1. The van der Waals surface area contributed by atoms with Crippen LogP contribution in [-0.2, 0) is 10.0 Å². The SMILES string of the molecule is C[C@@H](NC(=O)N1CCC(N2CCCS2(=O)=O)CC1)c1ccc(Cl)cc1. The van der Waals surface area contributed by atoms with Gasteiger partial charge in [0.15, 0.2) is 0 Å². The molecule has 2 fully saturated rings. The molecular weight excluding hydrogens is 362 g/mol. The van der Waals surface area contributed by atoms with Crippen LogP contribution in [0.15, 0.2) is 24.3 Å². The number of carbonyl (C=O) groups excluding carboxylic acids is 1. The van der Waals surface area contributed by atoms with Gasteiger partial charge in [0.2, 0.25) is 10.0 Å². The molecule has 1 aromatic rings. The van der Waals surface area contributed by atoms with Crippen molar-refractivity contribution in [1.29, 1.82) is 0 Å². The topological polar surface area (TPSA) is 69.7 Å². The minimum atomic E-state index is -3.08. The van der Waals surface area contributed by atoms with Crippen LogP contribution in [0.3, 0.4) is 0 Å². The van der Waals surface area contributed by atoms with Crippen molar-refractivity contribution in [2.45, 2.75) is 38.3 Å². The molecule has 0 radical (unpaired) electrons. The average molecular weight is 386 g/mol. The van der Waals surface area contributed by atoms with E-state index in [0.29, 0.717) is 43.9 Å². The molecule has 138 valence electrons. The van der Waals surface area contributed by atoms with Crippen molar-refractivity contribution in [3.05, 3.63) is 34.9 Å². The van der Waals surface area contributed by atoms with Crippen LogP contribution in [0.1, 0.15) is 37.8 Å². The Morgan fingerprint density at radius 2 is 1.84 bits per heavy atom. The first-order chi connectivity index (χ1) is 11.9. The van der Waals surface area contributed by atoms with E-state index in [1.54, 1.807) is 9.21 Å². The molecule has 0 unspecified atom stereocenters. The number of likely N-dealkylation sites (tertiary alicyclic amines) is 1. The third-order valence-corrected chi connectivity index (χ3v) is 7.26. The second kappa shape index (κ2) is 7.51. The third-order valence-electron chi connectivity index (χ3n) is 5.01. The zero-order valence-corrected chi connectivity index (χ0v) is 15.9. The number of piperidine rings is 1. The van der Waals surface area contributed by atoms with Gasteiger partial charge >= 0.3 is 6.03 Å². The molecule has 1 aromatic carbocycles. The van der Waals surface area contributed by atoms with Gasteiger partial charge in [0.1, 0.15) is 0 Å². The Morgan fingerprint density at radius 3 is 2.40 bits per heavy atom. The van der Waals surface area contributed by atoms with E-state index in [-0.39, 0.29) is 23.9 Å². The van der Waals surface area contributed by atoms with Crippen molar-refractivity contribution in [3.63, 3.8) is 0 Å². The van der Waals surface area contributed by atoms with E-state index in [0.717, 1.165) is 5.56 Å². The third kappa shape index (κ3) is 4.27. The smallest absolute Gasteiger partial charge is 0.317 e. The van der Waals surface area contributed by atoms with E-state index in [1.807, 2.05) is 31.2 Å². The highest BCUT2D eigenvalue weighted by Gasteiger charge is 2.36. The fourth-order valence-corrected chi connectivity index (χ4v) is 5.46. The molecule has 3 rings (SSSR count). The molecule has 1 N–H and O–H groups in total. The van der Waals surface area contributed by atoms with Crippen molar-refractivity contribution in [1.82, 2.24) is 14.5 Å². The molecule has 1 atom stereocenters. The Hall–Kier alpha value is -1.31. The molecule has 2 heterocycles. The minimum Gasteiger partial charge on any atom is -0.331 e. The Morgan fingerprint density at radius 1 is 1.20 bits per heavy atom. The lowest BCUT2D eigenvalue weighted by Gasteiger charge is -2.36. The lowest BCUT2D eigenvalue weighted by molar-refractivity contribution is 0.158. The summed E-state index contributed by atoms with van der Waals surface area (Å²) in [6.07, 6.45) is 2.10. The maximum Gasteiger partial charge on any atom is 0.317 e. The molecule has 0 aromatic heterocycles. The van der Waals surface area contributed by atoms with Gasteiger partial charge in [0, 0.05) is 30.7 Å². The molecule has 0 aliphatic carbocycles. The fourth-order valence-electron chi connectivity index (χ4n) is 3.54. The summed E-state index contributed by atoms with van der Waals surface area (Å²) < 4.78 is 25.7. The lowest BCUT2D eigenvalue weighted by Crippen LogP contribution is -2.50. The molecule has 2 saturated heterocycles. The highest BCUT2D eigenvalue weighted by Crippen LogP contribution is 2.25. The molecule has 8 heteroatoms. The highest BCUT2D eigenvalue weighted by molar-refractivity contribution is 7.89. The van der Waals surface area contributed by atoms with Crippen molar-refractivity contribution in [2.75, 3.05) is 25.4 Å². The van der Waals surface area contributed by atoms with Crippen LogP contribution in [0.2, 0.25) is 5.02 Å². The number of hydrogen-bond donors (Lipinski definition) is 1. The van der Waals surface area contributed by atoms with Gasteiger partial charge in [0.25, 0.3) is 0 Å². The quantitative estimate of drug-likeness (QED) is 0.869. The Bertz CT molecular complexity index is 715. The van der Waals surface area contributed by atoms with Crippen LogP contribution in [0.4, 0.5) is 4.79 Å². The summed E-state index contributed by atoms with van der Waals surface area (Å²) in [4.78, 5) is 14.2. The maximum absolute atomic E-state index is 12.5. The van der Waals surface area contributed by atoms with E-state index in [2.05, 4.69) is 5.32 Å². The minimum absolute atomic E-state index is 0.0326. The van der Waals surface area contributed by atoms with Crippen LogP contribution in [0, 0.1) is 0 Å². The summed E-state index contributed by atoms with van der Waals surface area (Å²) in [5, 5.41) is 3.67. The van der Waals surface area contributed by atoms with Gasteiger partial charge in [-0.25, -0.2) is 13.2 Å². The number of amides is 2. The average Bonchev–Trinajstić information content (AvgIpc) is 2.94. The predicted octanol–water partition coefficient (Wildman–Crippen LogP) is 2.61. The van der Waals surface area contributed by atoms with Crippen molar-refractivity contribution in [3.8, 4) is 0 Å². The summed E-state index contributed by atoms with van der Waals surface area (Å²) in [6, 6.07) is 7.23. The molecule has 2 amide bonds. The van der Waals surface area contributed by atoms with E-state index in [4.69, 9.17) is 11.6 Å². The van der Waals surface area contributed by atoms with Crippen LogP contribution >= 0.6 is 11.6 Å². The number of nitrogens with one attached hydrogen (secondary N) is 1. The number of nitrogens with zero attached hydrogens (tertiary/aromatic N) is 2. The number of halogens is 1. The molecule has 0 bridgehead atoms. The first-order valence-corrected chi connectivity index (χ1v) is 10.7. The fraction of sp³-hybridized carbons (Fsp3) is 0.588. The van der Waals surface area contributed by atoms with Gasteiger partial charge in [-0.3, -0.25) is 0 Å². The number of rotatable bonds is 3. The van der Waals surface area contributed by atoms with E-state index >= 15 is 0 Å². The molecule has 0 saturated carbocycles. The van der Waals surface area contributed by atoms with Crippen molar-refractivity contribution >= 4 is 27.7 Å². The second-order valence-electron chi connectivity index (χ2n) is 6.72. The van der Waals surface area contributed by atoms with Crippen LogP contribution in [-0.4, -0.2) is 55.1 Å². The lowest BCUT2D eigenvalue weighted by atomic mass is 10.1. The predicted molar refractivity (Wildman–Crippen MR) is 98.1 cm³/mol. The Balaban J connectivity index is 1.52. The number of hydrogen-bond acceptors (Lipinski definition) is 3. The monoisotopic (exact) mass is 385 g/mol. The molecule has 25 heavy (non-hydrogen) atoms. The van der Waals surface area contributed by atoms with Gasteiger partial charge in [-0.1, -0.05) is 23.7 Å².